The predicted molar refractivity (Wildman–Crippen MR) is 122 cm³/mol. The zero-order valence-corrected chi connectivity index (χ0v) is 17.9. The summed E-state index contributed by atoms with van der Waals surface area (Å²) < 4.78 is 0. The summed E-state index contributed by atoms with van der Waals surface area (Å²) in [5.41, 5.74) is 4.63. The lowest BCUT2D eigenvalue weighted by Crippen LogP contribution is -2.42. The van der Waals surface area contributed by atoms with Crippen LogP contribution in [0.4, 0.5) is 11.4 Å². The number of aromatic nitrogens is 1. The van der Waals surface area contributed by atoms with Crippen LogP contribution >= 0.6 is 11.6 Å². The van der Waals surface area contributed by atoms with Crippen LogP contribution in [0.2, 0.25) is 5.02 Å². The molecule has 2 amide bonds. The van der Waals surface area contributed by atoms with E-state index >= 15 is 0 Å². The first-order valence-corrected chi connectivity index (χ1v) is 10.5. The maximum absolute atomic E-state index is 12.5. The second-order valence-electron chi connectivity index (χ2n) is 7.45. The molecule has 0 spiro atoms. The number of nitrogens with zero attached hydrogens (tertiary/aromatic N) is 2. The smallest absolute Gasteiger partial charge is 0.313 e. The van der Waals surface area contributed by atoms with E-state index in [0.717, 1.165) is 24.2 Å². The molecule has 6 nitrogen and oxygen atoms in total. The monoisotopic (exact) mass is 434 g/mol. The van der Waals surface area contributed by atoms with Crippen LogP contribution in [0, 0.1) is 6.92 Å². The maximum Gasteiger partial charge on any atom is 0.313 e. The van der Waals surface area contributed by atoms with Gasteiger partial charge in [-0.3, -0.25) is 14.6 Å². The molecule has 158 valence electrons. The Bertz CT molecular complexity index is 1100. The number of rotatable bonds is 5. The van der Waals surface area contributed by atoms with Crippen molar-refractivity contribution in [3.05, 3.63) is 88.7 Å². The molecule has 3 aromatic rings. The summed E-state index contributed by atoms with van der Waals surface area (Å²) in [5.74, 6) is -1.42. The Labute approximate surface area is 186 Å². The fraction of sp³-hybridized carbons (Fsp3) is 0.208. The number of para-hydroxylation sites is 1. The Morgan fingerprint density at radius 1 is 1.10 bits per heavy atom. The highest BCUT2D eigenvalue weighted by Crippen LogP contribution is 2.34. The minimum Gasteiger partial charge on any atom is -0.362 e. The third-order valence-electron chi connectivity index (χ3n) is 5.55. The molecule has 0 fully saturated rings. The molecular weight excluding hydrogens is 412 g/mol. The number of hydrogen-bond donors (Lipinski definition) is 2. The van der Waals surface area contributed by atoms with E-state index < -0.39 is 11.8 Å². The van der Waals surface area contributed by atoms with Crippen molar-refractivity contribution in [3.63, 3.8) is 0 Å². The maximum atomic E-state index is 12.5. The molecule has 2 aromatic carbocycles. The van der Waals surface area contributed by atoms with Crippen molar-refractivity contribution in [2.24, 2.45) is 0 Å². The number of carbonyl (C=O) groups is 2. The Kier molecular flexibility index (Phi) is 6.18. The topological polar surface area (TPSA) is 74.3 Å². The van der Waals surface area contributed by atoms with Gasteiger partial charge in [0.15, 0.2) is 0 Å². The van der Waals surface area contributed by atoms with Crippen molar-refractivity contribution in [3.8, 4) is 0 Å². The summed E-state index contributed by atoms with van der Waals surface area (Å²) >= 11 is 6.10. The van der Waals surface area contributed by atoms with E-state index in [1.54, 1.807) is 37.5 Å². The molecule has 1 atom stereocenters. The molecule has 31 heavy (non-hydrogen) atoms. The number of pyridine rings is 1. The molecule has 1 aromatic heterocycles. The summed E-state index contributed by atoms with van der Waals surface area (Å²) in [6, 6.07) is 17.2. The van der Waals surface area contributed by atoms with Crippen molar-refractivity contribution < 1.29 is 9.59 Å². The number of hydrogen-bond acceptors (Lipinski definition) is 4. The van der Waals surface area contributed by atoms with Gasteiger partial charge in [0.05, 0.1) is 6.04 Å². The molecule has 0 aliphatic carbocycles. The minimum atomic E-state index is -0.725. The molecule has 2 heterocycles. The van der Waals surface area contributed by atoms with Crippen molar-refractivity contribution >= 4 is 34.8 Å². The highest BCUT2D eigenvalue weighted by molar-refractivity contribution is 6.40. The van der Waals surface area contributed by atoms with Crippen LogP contribution < -0.4 is 15.5 Å². The van der Waals surface area contributed by atoms with Gasteiger partial charge in [-0.15, -0.1) is 0 Å². The van der Waals surface area contributed by atoms with Gasteiger partial charge >= 0.3 is 11.8 Å². The van der Waals surface area contributed by atoms with E-state index in [1.165, 1.54) is 5.56 Å². The first-order chi connectivity index (χ1) is 15.0. The van der Waals surface area contributed by atoms with Gasteiger partial charge < -0.3 is 15.5 Å². The lowest BCUT2D eigenvalue weighted by molar-refractivity contribution is -0.136. The molecular formula is C24H23ClN4O2. The fourth-order valence-electron chi connectivity index (χ4n) is 3.86. The fourth-order valence-corrected chi connectivity index (χ4v) is 4.03. The quantitative estimate of drug-likeness (QED) is 0.597. The van der Waals surface area contributed by atoms with Gasteiger partial charge in [-0.2, -0.15) is 0 Å². The number of anilines is 2. The molecule has 0 radical (unpaired) electrons. The number of nitrogens with one attached hydrogen (secondary N) is 2. The molecule has 2 N–H and O–H groups in total. The number of halogens is 1. The molecule has 0 saturated heterocycles. The summed E-state index contributed by atoms with van der Waals surface area (Å²) in [5, 5.41) is 5.96. The zero-order chi connectivity index (χ0) is 21.8. The van der Waals surface area contributed by atoms with E-state index in [-0.39, 0.29) is 12.6 Å². The number of benzene rings is 2. The van der Waals surface area contributed by atoms with Crippen LogP contribution in [0.1, 0.15) is 22.7 Å². The molecule has 0 bridgehead atoms. The lowest BCUT2D eigenvalue weighted by atomic mass is 10.1. The molecule has 4 rings (SSSR count). The Hall–Kier alpha value is -3.38. The standard InChI is InChI=1S/C24H23ClN4O2/c1-16-19(25)8-4-9-20(16)28-24(31)23(30)27-15-22(18-7-5-12-26-14-18)29-13-11-17-6-2-3-10-21(17)29/h2-10,12,14,22H,11,13,15H2,1H3,(H,27,30)(H,28,31). The van der Waals surface area contributed by atoms with Crippen molar-refractivity contribution in [1.29, 1.82) is 0 Å². The normalized spacial score (nSPS) is 13.4. The second kappa shape index (κ2) is 9.18. The van der Waals surface area contributed by atoms with Gasteiger partial charge in [0, 0.05) is 41.9 Å². The largest absolute Gasteiger partial charge is 0.362 e. The third-order valence-corrected chi connectivity index (χ3v) is 5.96. The van der Waals surface area contributed by atoms with E-state index in [4.69, 9.17) is 11.6 Å². The van der Waals surface area contributed by atoms with Gasteiger partial charge in [-0.1, -0.05) is 41.9 Å². The lowest BCUT2D eigenvalue weighted by Gasteiger charge is -2.30. The zero-order valence-electron chi connectivity index (χ0n) is 17.1. The summed E-state index contributed by atoms with van der Waals surface area (Å²) in [7, 11) is 0. The minimum absolute atomic E-state index is 0.137. The molecule has 1 aliphatic rings. The Balaban J connectivity index is 1.48. The predicted octanol–water partition coefficient (Wildman–Crippen LogP) is 3.90. The highest BCUT2D eigenvalue weighted by atomic mass is 35.5. The molecule has 7 heteroatoms. The number of amides is 2. The van der Waals surface area contributed by atoms with Crippen LogP contribution in [0.25, 0.3) is 0 Å². The van der Waals surface area contributed by atoms with Crippen LogP contribution in [-0.4, -0.2) is 29.9 Å². The van der Waals surface area contributed by atoms with Crippen molar-refractivity contribution in [2.45, 2.75) is 19.4 Å². The highest BCUT2D eigenvalue weighted by Gasteiger charge is 2.28. The van der Waals surface area contributed by atoms with E-state index in [2.05, 4.69) is 32.7 Å². The van der Waals surface area contributed by atoms with E-state index in [1.807, 2.05) is 24.3 Å². The summed E-state index contributed by atoms with van der Waals surface area (Å²) in [6.07, 6.45) is 4.46. The van der Waals surface area contributed by atoms with E-state index in [9.17, 15) is 9.59 Å². The second-order valence-corrected chi connectivity index (χ2v) is 7.86. The van der Waals surface area contributed by atoms with Crippen LogP contribution in [0.3, 0.4) is 0 Å². The Morgan fingerprint density at radius 2 is 1.94 bits per heavy atom. The average Bonchev–Trinajstić information content (AvgIpc) is 3.21. The third kappa shape index (κ3) is 4.54. The molecule has 0 saturated carbocycles. The molecule has 1 aliphatic heterocycles. The number of fused-ring (bicyclic) bond motifs is 1. The van der Waals surface area contributed by atoms with E-state index in [0.29, 0.717) is 16.3 Å². The Morgan fingerprint density at radius 3 is 2.74 bits per heavy atom. The first kappa shape index (κ1) is 20.9. The first-order valence-electron chi connectivity index (χ1n) is 10.1. The van der Waals surface area contributed by atoms with Crippen molar-refractivity contribution in [1.82, 2.24) is 10.3 Å². The van der Waals surface area contributed by atoms with Gasteiger partial charge in [-0.25, -0.2) is 0 Å². The average molecular weight is 435 g/mol. The van der Waals surface area contributed by atoms with Gasteiger partial charge in [0.25, 0.3) is 0 Å². The van der Waals surface area contributed by atoms with Crippen LogP contribution in [0.5, 0.6) is 0 Å². The van der Waals surface area contributed by atoms with Crippen molar-refractivity contribution in [2.75, 3.05) is 23.3 Å². The SMILES string of the molecule is Cc1c(Cl)cccc1NC(=O)C(=O)NCC(c1cccnc1)N1CCc2ccccc21. The number of carbonyl (C=O) groups excluding carboxylic acids is 2. The van der Waals surface area contributed by atoms with Crippen LogP contribution in [-0.2, 0) is 16.0 Å². The van der Waals surface area contributed by atoms with Crippen LogP contribution in [0.15, 0.2) is 67.0 Å². The summed E-state index contributed by atoms with van der Waals surface area (Å²) in [6.45, 7) is 2.91. The van der Waals surface area contributed by atoms with Gasteiger partial charge in [0.1, 0.15) is 0 Å². The summed E-state index contributed by atoms with van der Waals surface area (Å²) in [4.78, 5) is 31.5. The molecule has 1 unspecified atom stereocenters. The van der Waals surface area contributed by atoms with Gasteiger partial charge in [-0.05, 0) is 54.3 Å². The van der Waals surface area contributed by atoms with Gasteiger partial charge in [0.2, 0.25) is 0 Å².